The third kappa shape index (κ3) is 4.22. The number of imide groups is 1. The average molecular weight is 450 g/mol. The number of para-hydroxylation sites is 1. The minimum atomic E-state index is -1.58. The van der Waals surface area contributed by atoms with Crippen molar-refractivity contribution in [2.24, 2.45) is 0 Å². The van der Waals surface area contributed by atoms with E-state index in [0.29, 0.717) is 5.69 Å². The molecule has 0 radical (unpaired) electrons. The summed E-state index contributed by atoms with van der Waals surface area (Å²) in [5, 5.41) is 5.28. The molecule has 3 aromatic carbocycles. The van der Waals surface area contributed by atoms with Gasteiger partial charge in [0.25, 0.3) is 5.91 Å². The Morgan fingerprint density at radius 2 is 1.66 bits per heavy atom. The van der Waals surface area contributed by atoms with Crippen LogP contribution in [0.3, 0.4) is 0 Å². The highest BCUT2D eigenvalue weighted by Gasteiger charge is 2.50. The van der Waals surface area contributed by atoms with Gasteiger partial charge in [0, 0.05) is 15.4 Å². The molecule has 0 saturated carbocycles. The summed E-state index contributed by atoms with van der Waals surface area (Å²) < 4.78 is 14.3. The maximum absolute atomic E-state index is 14.3. The van der Waals surface area contributed by atoms with Gasteiger partial charge < -0.3 is 10.6 Å². The number of hydrogen-bond acceptors (Lipinski definition) is 4. The van der Waals surface area contributed by atoms with Crippen LogP contribution >= 0.6 is 11.8 Å². The molecule has 6 nitrogen and oxygen atoms in total. The van der Waals surface area contributed by atoms with Crippen LogP contribution < -0.4 is 10.6 Å². The monoisotopic (exact) mass is 449 g/mol. The van der Waals surface area contributed by atoms with Crippen LogP contribution in [0.2, 0.25) is 0 Å². The molecular weight excluding hydrogens is 429 g/mol. The maximum Gasteiger partial charge on any atom is 0.325 e. The summed E-state index contributed by atoms with van der Waals surface area (Å²) >= 11 is 1.48. The fraction of sp³-hybridized carbons (Fsp3) is 0.125. The van der Waals surface area contributed by atoms with Crippen molar-refractivity contribution in [3.63, 3.8) is 0 Å². The molecule has 4 amide bonds. The molecule has 4 rings (SSSR count). The molecule has 0 spiro atoms. The number of anilines is 1. The number of nitrogens with zero attached hydrogens (tertiary/aromatic N) is 1. The standard InChI is InChI=1S/C24H20FN3O3S/c1-24(17-11-5-6-12-18(17)25)22(30)28(23(31)27-24)15-21(29)26-19-13-7-8-14-20(19)32-16-9-3-2-4-10-16/h2-14H,15H2,1H3,(H,26,29)(H,27,31). The zero-order valence-corrected chi connectivity index (χ0v) is 18.0. The molecule has 0 aromatic heterocycles. The lowest BCUT2D eigenvalue weighted by Crippen LogP contribution is -2.42. The molecule has 32 heavy (non-hydrogen) atoms. The molecule has 8 heteroatoms. The van der Waals surface area contributed by atoms with Crippen molar-refractivity contribution in [3.8, 4) is 0 Å². The lowest BCUT2D eigenvalue weighted by atomic mass is 9.91. The number of rotatable bonds is 6. The van der Waals surface area contributed by atoms with Gasteiger partial charge in [-0.2, -0.15) is 0 Å². The number of carbonyl (C=O) groups is 3. The average Bonchev–Trinajstić information content (AvgIpc) is 3.00. The maximum atomic E-state index is 14.3. The lowest BCUT2D eigenvalue weighted by Gasteiger charge is -2.22. The molecule has 162 valence electrons. The number of carbonyl (C=O) groups excluding carboxylic acids is 3. The highest BCUT2D eigenvalue weighted by Crippen LogP contribution is 2.34. The predicted molar refractivity (Wildman–Crippen MR) is 120 cm³/mol. The number of halogens is 1. The van der Waals surface area contributed by atoms with E-state index in [1.807, 2.05) is 42.5 Å². The van der Waals surface area contributed by atoms with Crippen molar-refractivity contribution in [2.45, 2.75) is 22.3 Å². The van der Waals surface area contributed by atoms with Crippen LogP contribution in [0.15, 0.2) is 88.7 Å². The van der Waals surface area contributed by atoms with E-state index in [1.54, 1.807) is 18.2 Å². The SMILES string of the molecule is CC1(c2ccccc2F)NC(=O)N(CC(=O)Nc2ccccc2Sc2ccccc2)C1=O. The smallest absolute Gasteiger partial charge is 0.323 e. The molecule has 1 saturated heterocycles. The van der Waals surface area contributed by atoms with E-state index < -0.39 is 35.7 Å². The molecule has 1 aliphatic heterocycles. The van der Waals surface area contributed by atoms with Crippen molar-refractivity contribution < 1.29 is 18.8 Å². The van der Waals surface area contributed by atoms with Gasteiger partial charge in [0.15, 0.2) is 0 Å². The molecule has 0 aliphatic carbocycles. The number of benzene rings is 3. The number of hydrogen-bond donors (Lipinski definition) is 2. The fourth-order valence-corrected chi connectivity index (χ4v) is 4.42. The van der Waals surface area contributed by atoms with Crippen molar-refractivity contribution in [3.05, 3.63) is 90.2 Å². The minimum Gasteiger partial charge on any atom is -0.323 e. The highest BCUT2D eigenvalue weighted by atomic mass is 32.2. The number of amides is 4. The van der Waals surface area contributed by atoms with Gasteiger partial charge in [-0.05, 0) is 37.3 Å². The second-order valence-electron chi connectivity index (χ2n) is 7.39. The quantitative estimate of drug-likeness (QED) is 0.548. The van der Waals surface area contributed by atoms with E-state index in [4.69, 9.17) is 0 Å². The van der Waals surface area contributed by atoms with Gasteiger partial charge in [0.05, 0.1) is 5.69 Å². The summed E-state index contributed by atoms with van der Waals surface area (Å²) in [6.45, 7) is 0.939. The molecule has 0 bridgehead atoms. The van der Waals surface area contributed by atoms with Crippen LogP contribution in [0.1, 0.15) is 12.5 Å². The second kappa shape index (κ2) is 8.84. The van der Waals surface area contributed by atoms with Crippen molar-refractivity contribution in [1.82, 2.24) is 10.2 Å². The second-order valence-corrected chi connectivity index (χ2v) is 8.50. The first kappa shape index (κ1) is 21.6. The first-order valence-corrected chi connectivity index (χ1v) is 10.7. The Morgan fingerprint density at radius 3 is 2.41 bits per heavy atom. The third-order valence-electron chi connectivity index (χ3n) is 5.12. The van der Waals surface area contributed by atoms with E-state index in [2.05, 4.69) is 10.6 Å². The van der Waals surface area contributed by atoms with Crippen LogP contribution in [-0.2, 0) is 15.1 Å². The normalized spacial score (nSPS) is 17.9. The molecule has 2 N–H and O–H groups in total. The number of urea groups is 1. The Balaban J connectivity index is 1.49. The van der Waals surface area contributed by atoms with E-state index in [0.717, 1.165) is 14.7 Å². The Morgan fingerprint density at radius 1 is 1.00 bits per heavy atom. The van der Waals surface area contributed by atoms with Crippen LogP contribution in [0, 0.1) is 5.82 Å². The molecular formula is C24H20FN3O3S. The molecule has 1 unspecified atom stereocenters. The van der Waals surface area contributed by atoms with Crippen molar-refractivity contribution in [2.75, 3.05) is 11.9 Å². The Bertz CT molecular complexity index is 1190. The van der Waals surface area contributed by atoms with Gasteiger partial charge in [0.2, 0.25) is 5.91 Å². The van der Waals surface area contributed by atoms with Crippen molar-refractivity contribution in [1.29, 1.82) is 0 Å². The van der Waals surface area contributed by atoms with Crippen LogP contribution in [0.5, 0.6) is 0 Å². The first-order valence-electron chi connectivity index (χ1n) is 9.89. The summed E-state index contributed by atoms with van der Waals surface area (Å²) in [7, 11) is 0. The molecule has 1 fully saturated rings. The van der Waals surface area contributed by atoms with Gasteiger partial charge >= 0.3 is 6.03 Å². The lowest BCUT2D eigenvalue weighted by molar-refractivity contribution is -0.133. The summed E-state index contributed by atoms with van der Waals surface area (Å²) in [5.74, 6) is -1.83. The van der Waals surface area contributed by atoms with Crippen molar-refractivity contribution >= 4 is 35.3 Å². The highest BCUT2D eigenvalue weighted by molar-refractivity contribution is 7.99. The zero-order valence-electron chi connectivity index (χ0n) is 17.2. The fourth-order valence-electron chi connectivity index (χ4n) is 3.50. The Hall–Kier alpha value is -3.65. The molecule has 3 aromatic rings. The topological polar surface area (TPSA) is 78.5 Å². The zero-order chi connectivity index (χ0) is 22.7. The summed E-state index contributed by atoms with van der Waals surface area (Å²) in [5.41, 5.74) is -0.967. The van der Waals surface area contributed by atoms with Crippen LogP contribution in [-0.4, -0.2) is 29.3 Å². The van der Waals surface area contributed by atoms with E-state index in [1.165, 1.54) is 36.9 Å². The molecule has 1 aliphatic rings. The van der Waals surface area contributed by atoms with E-state index >= 15 is 0 Å². The van der Waals surface area contributed by atoms with Gasteiger partial charge in [0.1, 0.15) is 17.9 Å². The third-order valence-corrected chi connectivity index (χ3v) is 6.21. The summed E-state index contributed by atoms with van der Waals surface area (Å²) in [6.07, 6.45) is 0. The predicted octanol–water partition coefficient (Wildman–Crippen LogP) is 4.38. The Labute approximate surface area is 188 Å². The van der Waals surface area contributed by atoms with Crippen LogP contribution in [0.25, 0.3) is 0 Å². The minimum absolute atomic E-state index is 0.0471. The summed E-state index contributed by atoms with van der Waals surface area (Å²) in [6, 6.07) is 21.9. The largest absolute Gasteiger partial charge is 0.325 e. The van der Waals surface area contributed by atoms with Gasteiger partial charge in [-0.1, -0.05) is 60.3 Å². The van der Waals surface area contributed by atoms with Gasteiger partial charge in [-0.25, -0.2) is 9.18 Å². The van der Waals surface area contributed by atoms with Gasteiger partial charge in [-0.3, -0.25) is 14.5 Å². The molecule has 1 heterocycles. The van der Waals surface area contributed by atoms with E-state index in [-0.39, 0.29) is 5.56 Å². The van der Waals surface area contributed by atoms with E-state index in [9.17, 15) is 18.8 Å². The first-order chi connectivity index (χ1) is 15.4. The molecule has 1 atom stereocenters. The van der Waals surface area contributed by atoms with Crippen LogP contribution in [0.4, 0.5) is 14.9 Å². The number of nitrogens with one attached hydrogen (secondary N) is 2. The van der Waals surface area contributed by atoms with Gasteiger partial charge in [-0.15, -0.1) is 0 Å². The Kier molecular flexibility index (Phi) is 5.96. The summed E-state index contributed by atoms with van der Waals surface area (Å²) in [4.78, 5) is 40.8.